The average molecular weight is 227 g/mol. The Kier molecular flexibility index (Phi) is 5.25. The normalized spacial score (nSPS) is 14.6. The smallest absolute Gasteiger partial charge is 0.241 e. The number of nitrogens with zero attached hydrogens (tertiary/aromatic N) is 1. The van der Waals surface area contributed by atoms with Crippen molar-refractivity contribution < 1.29 is 9.59 Å². The SMILES string of the molecule is CCN(CC)C(=O)CNC(=O)CNC1CC1. The molecule has 0 radical (unpaired) electrons. The maximum Gasteiger partial charge on any atom is 0.241 e. The molecule has 0 aromatic rings. The second kappa shape index (κ2) is 6.48. The monoisotopic (exact) mass is 227 g/mol. The molecule has 2 amide bonds. The molecule has 0 aliphatic heterocycles. The lowest BCUT2D eigenvalue weighted by Crippen LogP contribution is -2.42. The lowest BCUT2D eigenvalue weighted by Gasteiger charge is -2.18. The summed E-state index contributed by atoms with van der Waals surface area (Å²) in [5, 5.41) is 5.72. The first-order valence-electron chi connectivity index (χ1n) is 5.95. The van der Waals surface area contributed by atoms with Crippen molar-refractivity contribution in [1.29, 1.82) is 0 Å². The highest BCUT2D eigenvalue weighted by atomic mass is 16.2. The molecule has 1 saturated carbocycles. The van der Waals surface area contributed by atoms with Crippen LogP contribution in [0, 0.1) is 0 Å². The van der Waals surface area contributed by atoms with E-state index in [1.54, 1.807) is 4.90 Å². The first kappa shape index (κ1) is 13.0. The van der Waals surface area contributed by atoms with E-state index in [1.807, 2.05) is 13.8 Å². The summed E-state index contributed by atoms with van der Waals surface area (Å²) < 4.78 is 0. The Morgan fingerprint density at radius 1 is 1.19 bits per heavy atom. The summed E-state index contributed by atoms with van der Waals surface area (Å²) in [6.07, 6.45) is 2.32. The zero-order chi connectivity index (χ0) is 12.0. The van der Waals surface area contributed by atoms with E-state index in [1.165, 1.54) is 0 Å². The van der Waals surface area contributed by atoms with Gasteiger partial charge in [-0.05, 0) is 26.7 Å². The lowest BCUT2D eigenvalue weighted by atomic mass is 10.4. The van der Waals surface area contributed by atoms with Crippen molar-refractivity contribution in [3.05, 3.63) is 0 Å². The fraction of sp³-hybridized carbons (Fsp3) is 0.818. The summed E-state index contributed by atoms with van der Waals surface area (Å²) in [5.41, 5.74) is 0. The largest absolute Gasteiger partial charge is 0.346 e. The summed E-state index contributed by atoms with van der Waals surface area (Å²) in [7, 11) is 0. The van der Waals surface area contributed by atoms with Gasteiger partial charge in [0.1, 0.15) is 0 Å². The molecule has 1 fully saturated rings. The van der Waals surface area contributed by atoms with Crippen LogP contribution in [0.1, 0.15) is 26.7 Å². The van der Waals surface area contributed by atoms with E-state index < -0.39 is 0 Å². The summed E-state index contributed by atoms with van der Waals surface area (Å²) >= 11 is 0. The third-order valence-electron chi connectivity index (χ3n) is 2.68. The van der Waals surface area contributed by atoms with Crippen LogP contribution < -0.4 is 10.6 Å². The molecule has 16 heavy (non-hydrogen) atoms. The van der Waals surface area contributed by atoms with Crippen LogP contribution in [0.4, 0.5) is 0 Å². The second-order valence-corrected chi connectivity index (χ2v) is 4.00. The van der Waals surface area contributed by atoms with Crippen LogP contribution in [0.15, 0.2) is 0 Å². The quantitative estimate of drug-likeness (QED) is 0.629. The molecule has 1 aliphatic carbocycles. The summed E-state index contributed by atoms with van der Waals surface area (Å²) in [4.78, 5) is 24.6. The fourth-order valence-corrected chi connectivity index (χ4v) is 1.45. The summed E-state index contributed by atoms with van der Waals surface area (Å²) in [6.45, 7) is 5.65. The summed E-state index contributed by atoms with van der Waals surface area (Å²) in [5.74, 6) is -0.128. The first-order valence-corrected chi connectivity index (χ1v) is 5.95. The molecule has 1 rings (SSSR count). The van der Waals surface area contributed by atoms with Gasteiger partial charge >= 0.3 is 0 Å². The number of likely N-dealkylation sites (N-methyl/N-ethyl adjacent to an activating group) is 1. The Hall–Kier alpha value is -1.10. The predicted octanol–water partition coefficient (Wildman–Crippen LogP) is -0.277. The maximum atomic E-state index is 11.6. The number of amides is 2. The number of carbonyl (C=O) groups is 2. The van der Waals surface area contributed by atoms with E-state index in [0.717, 1.165) is 12.8 Å². The number of hydrogen-bond acceptors (Lipinski definition) is 3. The van der Waals surface area contributed by atoms with Gasteiger partial charge in [-0.25, -0.2) is 0 Å². The van der Waals surface area contributed by atoms with Crippen LogP contribution in [0.2, 0.25) is 0 Å². The molecule has 1 aliphatic rings. The van der Waals surface area contributed by atoms with Gasteiger partial charge in [0.2, 0.25) is 11.8 Å². The van der Waals surface area contributed by atoms with Crippen molar-refractivity contribution in [2.75, 3.05) is 26.2 Å². The third-order valence-corrected chi connectivity index (χ3v) is 2.68. The minimum Gasteiger partial charge on any atom is -0.346 e. The van der Waals surface area contributed by atoms with Crippen molar-refractivity contribution >= 4 is 11.8 Å². The molecule has 5 nitrogen and oxygen atoms in total. The Bertz CT molecular complexity index is 248. The first-order chi connectivity index (χ1) is 7.67. The molecule has 0 bridgehead atoms. The fourth-order valence-electron chi connectivity index (χ4n) is 1.45. The number of hydrogen-bond donors (Lipinski definition) is 2. The van der Waals surface area contributed by atoms with E-state index in [9.17, 15) is 9.59 Å². The Morgan fingerprint density at radius 2 is 1.81 bits per heavy atom. The Labute approximate surface area is 96.6 Å². The third kappa shape index (κ3) is 4.61. The van der Waals surface area contributed by atoms with Gasteiger partial charge in [0, 0.05) is 19.1 Å². The molecule has 0 saturated heterocycles. The van der Waals surface area contributed by atoms with Crippen molar-refractivity contribution in [2.24, 2.45) is 0 Å². The van der Waals surface area contributed by atoms with Gasteiger partial charge in [-0.1, -0.05) is 0 Å². The van der Waals surface area contributed by atoms with Gasteiger partial charge in [-0.15, -0.1) is 0 Å². The average Bonchev–Trinajstić information content (AvgIpc) is 3.09. The van der Waals surface area contributed by atoms with E-state index in [-0.39, 0.29) is 18.4 Å². The number of nitrogens with one attached hydrogen (secondary N) is 2. The zero-order valence-electron chi connectivity index (χ0n) is 10.1. The van der Waals surface area contributed by atoms with Crippen molar-refractivity contribution in [1.82, 2.24) is 15.5 Å². The zero-order valence-corrected chi connectivity index (χ0v) is 10.1. The molecule has 0 aromatic heterocycles. The predicted molar refractivity (Wildman–Crippen MR) is 62.0 cm³/mol. The van der Waals surface area contributed by atoms with Crippen LogP contribution in [-0.4, -0.2) is 48.9 Å². The second-order valence-electron chi connectivity index (χ2n) is 4.00. The Morgan fingerprint density at radius 3 is 2.31 bits per heavy atom. The molecule has 0 atom stereocenters. The Balaban J connectivity index is 2.11. The van der Waals surface area contributed by atoms with Gasteiger partial charge in [0.15, 0.2) is 0 Å². The van der Waals surface area contributed by atoms with E-state index in [0.29, 0.717) is 25.7 Å². The minimum absolute atomic E-state index is 0.0234. The van der Waals surface area contributed by atoms with Crippen LogP contribution in [0.5, 0.6) is 0 Å². The van der Waals surface area contributed by atoms with Crippen LogP contribution in [0.3, 0.4) is 0 Å². The van der Waals surface area contributed by atoms with E-state index in [2.05, 4.69) is 10.6 Å². The van der Waals surface area contributed by atoms with Crippen LogP contribution in [0.25, 0.3) is 0 Å². The molecule has 2 N–H and O–H groups in total. The van der Waals surface area contributed by atoms with Gasteiger partial charge in [0.05, 0.1) is 13.1 Å². The maximum absolute atomic E-state index is 11.6. The molecule has 5 heteroatoms. The molecular weight excluding hydrogens is 206 g/mol. The van der Waals surface area contributed by atoms with Crippen molar-refractivity contribution in [2.45, 2.75) is 32.7 Å². The molecule has 92 valence electrons. The highest BCUT2D eigenvalue weighted by molar-refractivity contribution is 5.85. The van der Waals surface area contributed by atoms with Gasteiger partial charge < -0.3 is 15.5 Å². The van der Waals surface area contributed by atoms with Crippen molar-refractivity contribution in [3.63, 3.8) is 0 Å². The topological polar surface area (TPSA) is 61.4 Å². The van der Waals surface area contributed by atoms with Crippen LogP contribution in [-0.2, 0) is 9.59 Å². The molecule has 0 spiro atoms. The van der Waals surface area contributed by atoms with Gasteiger partial charge in [-0.3, -0.25) is 9.59 Å². The molecule has 0 aromatic carbocycles. The lowest BCUT2D eigenvalue weighted by molar-refractivity contribution is -0.132. The van der Waals surface area contributed by atoms with Gasteiger partial charge in [-0.2, -0.15) is 0 Å². The standard InChI is InChI=1S/C11H21N3O2/c1-3-14(4-2)11(16)8-13-10(15)7-12-9-5-6-9/h9,12H,3-8H2,1-2H3,(H,13,15). The van der Waals surface area contributed by atoms with E-state index in [4.69, 9.17) is 0 Å². The van der Waals surface area contributed by atoms with E-state index >= 15 is 0 Å². The molecule has 0 heterocycles. The summed E-state index contributed by atoms with van der Waals surface area (Å²) in [6, 6.07) is 0.518. The minimum atomic E-state index is -0.104. The highest BCUT2D eigenvalue weighted by Gasteiger charge is 2.21. The highest BCUT2D eigenvalue weighted by Crippen LogP contribution is 2.17. The van der Waals surface area contributed by atoms with Crippen LogP contribution >= 0.6 is 0 Å². The number of rotatable bonds is 7. The van der Waals surface area contributed by atoms with Gasteiger partial charge in [0.25, 0.3) is 0 Å². The number of carbonyl (C=O) groups excluding carboxylic acids is 2. The molecule has 0 unspecified atom stereocenters. The van der Waals surface area contributed by atoms with Crippen molar-refractivity contribution in [3.8, 4) is 0 Å². The molecular formula is C11H21N3O2.